The number of anilines is 3. The van der Waals surface area contributed by atoms with Crippen LogP contribution in [0.3, 0.4) is 0 Å². The van der Waals surface area contributed by atoms with E-state index < -0.39 is 11.6 Å². The van der Waals surface area contributed by atoms with E-state index in [0.29, 0.717) is 34.7 Å². The van der Waals surface area contributed by atoms with Gasteiger partial charge in [0.25, 0.3) is 5.91 Å². The van der Waals surface area contributed by atoms with Gasteiger partial charge in [0.1, 0.15) is 11.6 Å². The Bertz CT molecular complexity index is 1070. The number of nitrogens with zero attached hydrogens (tertiary/aromatic N) is 1. The summed E-state index contributed by atoms with van der Waals surface area (Å²) in [6.45, 7) is 0.453. The minimum absolute atomic E-state index is 0.344. The molecular weight excluding hydrogens is 362 g/mol. The van der Waals surface area contributed by atoms with Gasteiger partial charge in [-0.1, -0.05) is 6.07 Å². The Balaban J connectivity index is 1.47. The number of benzene rings is 2. The van der Waals surface area contributed by atoms with E-state index in [1.807, 2.05) is 12.1 Å². The molecule has 0 unspecified atom stereocenters. The number of carbonyl (C=O) groups is 1. The fraction of sp³-hybridized carbons (Fsp3) is 0.0476. The van der Waals surface area contributed by atoms with Crippen LogP contribution >= 0.6 is 0 Å². The van der Waals surface area contributed by atoms with Crippen LogP contribution in [0.15, 0.2) is 67.1 Å². The zero-order valence-corrected chi connectivity index (χ0v) is 14.7. The van der Waals surface area contributed by atoms with Crippen LogP contribution in [-0.2, 0) is 11.3 Å². The number of fused-ring (bicyclic) bond motifs is 1. The summed E-state index contributed by atoms with van der Waals surface area (Å²) in [4.78, 5) is 16.1. The van der Waals surface area contributed by atoms with Crippen molar-refractivity contribution in [1.82, 2.24) is 4.98 Å². The minimum Gasteiger partial charge on any atom is -0.379 e. The molecule has 0 atom stereocenters. The molecule has 7 heteroatoms. The van der Waals surface area contributed by atoms with Crippen LogP contribution in [-0.4, -0.2) is 10.9 Å². The maximum atomic E-state index is 14.4. The lowest BCUT2D eigenvalue weighted by atomic mass is 10.1. The lowest BCUT2D eigenvalue weighted by Gasteiger charge is -2.09. The zero-order valence-electron chi connectivity index (χ0n) is 14.7. The van der Waals surface area contributed by atoms with Crippen LogP contribution in [0.4, 0.5) is 25.8 Å². The van der Waals surface area contributed by atoms with Crippen LogP contribution in [0.25, 0.3) is 5.57 Å². The van der Waals surface area contributed by atoms with Crippen molar-refractivity contribution in [3.05, 3.63) is 89.9 Å². The molecule has 3 N–H and O–H groups in total. The van der Waals surface area contributed by atoms with Gasteiger partial charge in [-0.25, -0.2) is 8.78 Å². The van der Waals surface area contributed by atoms with Crippen molar-refractivity contribution in [3.63, 3.8) is 0 Å². The third-order valence-corrected chi connectivity index (χ3v) is 4.32. The Morgan fingerprint density at radius 3 is 2.79 bits per heavy atom. The second-order valence-corrected chi connectivity index (χ2v) is 6.26. The van der Waals surface area contributed by atoms with Crippen molar-refractivity contribution in [2.45, 2.75) is 6.54 Å². The first-order chi connectivity index (χ1) is 13.6. The fourth-order valence-electron chi connectivity index (χ4n) is 2.91. The van der Waals surface area contributed by atoms with E-state index in [2.05, 4.69) is 20.9 Å². The summed E-state index contributed by atoms with van der Waals surface area (Å²) in [6.07, 6.45) is 4.87. The predicted octanol–water partition coefficient (Wildman–Crippen LogP) is 4.38. The second-order valence-electron chi connectivity index (χ2n) is 6.26. The molecule has 0 saturated carbocycles. The summed E-state index contributed by atoms with van der Waals surface area (Å²) >= 11 is 0. The van der Waals surface area contributed by atoms with Crippen molar-refractivity contribution in [2.75, 3.05) is 16.0 Å². The average Bonchev–Trinajstić information content (AvgIpc) is 3.00. The van der Waals surface area contributed by atoms with Crippen LogP contribution in [0, 0.1) is 11.6 Å². The normalized spacial score (nSPS) is 13.9. The molecular formula is C21H16F2N4O. The number of nitrogens with one attached hydrogen (secondary N) is 3. The number of carbonyl (C=O) groups excluding carboxylic acids is 1. The van der Waals surface area contributed by atoms with Crippen molar-refractivity contribution in [3.8, 4) is 0 Å². The first kappa shape index (κ1) is 17.7. The van der Waals surface area contributed by atoms with E-state index in [-0.39, 0.29) is 5.91 Å². The van der Waals surface area contributed by atoms with Gasteiger partial charge in [-0.2, -0.15) is 0 Å². The van der Waals surface area contributed by atoms with E-state index >= 15 is 0 Å². The molecule has 3 aromatic rings. The highest BCUT2D eigenvalue weighted by Gasteiger charge is 2.24. The molecule has 0 radical (unpaired) electrons. The monoisotopic (exact) mass is 378 g/mol. The first-order valence-electron chi connectivity index (χ1n) is 8.60. The molecule has 1 aromatic heterocycles. The van der Waals surface area contributed by atoms with Crippen LogP contribution < -0.4 is 16.0 Å². The molecule has 28 heavy (non-hydrogen) atoms. The summed E-state index contributed by atoms with van der Waals surface area (Å²) in [5, 5.41) is 8.54. The number of hydrogen-bond donors (Lipinski definition) is 3. The van der Waals surface area contributed by atoms with Crippen LogP contribution in [0.1, 0.15) is 11.1 Å². The molecule has 0 fully saturated rings. The number of amides is 1. The van der Waals surface area contributed by atoms with Gasteiger partial charge in [0, 0.05) is 36.4 Å². The number of rotatable bonds is 5. The smallest absolute Gasteiger partial charge is 0.257 e. The summed E-state index contributed by atoms with van der Waals surface area (Å²) in [5.41, 5.74) is 3.15. The maximum absolute atomic E-state index is 14.4. The van der Waals surface area contributed by atoms with Gasteiger partial charge in [-0.05, 0) is 48.0 Å². The lowest BCUT2D eigenvalue weighted by Crippen LogP contribution is -2.05. The van der Waals surface area contributed by atoms with E-state index in [4.69, 9.17) is 0 Å². The highest BCUT2D eigenvalue weighted by Crippen LogP contribution is 2.32. The van der Waals surface area contributed by atoms with Gasteiger partial charge in [0.05, 0.1) is 16.9 Å². The van der Waals surface area contributed by atoms with E-state index in [9.17, 15) is 13.6 Å². The van der Waals surface area contributed by atoms with Gasteiger partial charge in [0.15, 0.2) is 0 Å². The van der Waals surface area contributed by atoms with Crippen LogP contribution in [0.5, 0.6) is 0 Å². The molecule has 0 aliphatic carbocycles. The molecule has 0 bridgehead atoms. The number of halogens is 2. The van der Waals surface area contributed by atoms with Crippen molar-refractivity contribution in [2.24, 2.45) is 0 Å². The predicted molar refractivity (Wildman–Crippen MR) is 105 cm³/mol. The lowest BCUT2D eigenvalue weighted by molar-refractivity contribution is -0.110. The third-order valence-electron chi connectivity index (χ3n) is 4.32. The largest absolute Gasteiger partial charge is 0.379 e. The third kappa shape index (κ3) is 3.68. The summed E-state index contributed by atoms with van der Waals surface area (Å²) < 4.78 is 27.6. The van der Waals surface area contributed by atoms with Crippen molar-refractivity contribution >= 4 is 28.5 Å². The van der Waals surface area contributed by atoms with E-state index in [1.54, 1.807) is 24.5 Å². The van der Waals surface area contributed by atoms with E-state index in [0.717, 1.165) is 5.56 Å². The number of hydrogen-bond acceptors (Lipinski definition) is 4. The van der Waals surface area contributed by atoms with Crippen molar-refractivity contribution in [1.29, 1.82) is 0 Å². The molecule has 2 aromatic carbocycles. The molecule has 1 aliphatic heterocycles. The second kappa shape index (κ2) is 7.48. The Hall–Kier alpha value is -3.74. The SMILES string of the molecule is O=C1Nc2cc(F)ccc2/C1=C\Nc1ccc(NCc2cccnc2)c(F)c1. The zero-order chi connectivity index (χ0) is 19.5. The van der Waals surface area contributed by atoms with Gasteiger partial charge < -0.3 is 16.0 Å². The van der Waals surface area contributed by atoms with Gasteiger partial charge >= 0.3 is 0 Å². The minimum atomic E-state index is -0.426. The topological polar surface area (TPSA) is 66.1 Å². The molecule has 0 saturated heterocycles. The Morgan fingerprint density at radius 2 is 2.00 bits per heavy atom. The summed E-state index contributed by atoms with van der Waals surface area (Å²) in [7, 11) is 0. The number of pyridine rings is 1. The Kier molecular flexibility index (Phi) is 4.72. The molecule has 5 nitrogen and oxygen atoms in total. The standard InChI is InChI=1S/C21H16F2N4O/c22-14-3-5-16-17(21(28)27-20(16)8-14)12-25-15-4-6-19(18(23)9-15)26-11-13-2-1-7-24-10-13/h1-10,12,25-26H,11H2,(H,27,28)/b17-12+. The summed E-state index contributed by atoms with van der Waals surface area (Å²) in [6, 6.07) is 12.4. The summed E-state index contributed by atoms with van der Waals surface area (Å²) in [5.74, 6) is -1.20. The quantitative estimate of drug-likeness (QED) is 0.577. The van der Waals surface area contributed by atoms with Crippen molar-refractivity contribution < 1.29 is 13.6 Å². The molecule has 1 aliphatic rings. The number of aromatic nitrogens is 1. The maximum Gasteiger partial charge on any atom is 0.257 e. The average molecular weight is 378 g/mol. The van der Waals surface area contributed by atoms with Gasteiger partial charge in [-0.15, -0.1) is 0 Å². The first-order valence-corrected chi connectivity index (χ1v) is 8.60. The molecule has 2 heterocycles. The fourth-order valence-corrected chi connectivity index (χ4v) is 2.91. The van der Waals surface area contributed by atoms with Gasteiger partial charge in [-0.3, -0.25) is 9.78 Å². The Labute approximate surface area is 160 Å². The van der Waals surface area contributed by atoms with E-state index in [1.165, 1.54) is 30.5 Å². The molecule has 4 rings (SSSR count). The highest BCUT2D eigenvalue weighted by molar-refractivity contribution is 6.31. The Morgan fingerprint density at radius 1 is 1.11 bits per heavy atom. The molecule has 0 spiro atoms. The van der Waals surface area contributed by atoms with Gasteiger partial charge in [0.2, 0.25) is 0 Å². The molecule has 140 valence electrons. The highest BCUT2D eigenvalue weighted by atomic mass is 19.1. The molecule has 1 amide bonds. The van der Waals surface area contributed by atoms with Crippen LogP contribution in [0.2, 0.25) is 0 Å².